The van der Waals surface area contributed by atoms with Gasteiger partial charge >= 0.3 is 5.97 Å². The molecule has 5 nitrogen and oxygen atoms in total. The highest BCUT2D eigenvalue weighted by Gasteiger charge is 2.15. The van der Waals surface area contributed by atoms with Gasteiger partial charge in [0, 0.05) is 11.6 Å². The lowest BCUT2D eigenvalue weighted by Crippen LogP contribution is -2.32. The molecule has 2 rings (SSSR count). The van der Waals surface area contributed by atoms with Crippen molar-refractivity contribution in [1.82, 2.24) is 5.32 Å². The highest BCUT2D eigenvalue weighted by molar-refractivity contribution is 5.81. The Hall–Kier alpha value is -3.03. The second kappa shape index (κ2) is 8.89. The van der Waals surface area contributed by atoms with E-state index in [1.165, 1.54) is 37.3 Å². The summed E-state index contributed by atoms with van der Waals surface area (Å²) in [6.07, 6.45) is 0. The van der Waals surface area contributed by atoms with Gasteiger partial charge in [-0.25, -0.2) is 18.0 Å². The van der Waals surface area contributed by atoms with Crippen molar-refractivity contribution in [3.05, 3.63) is 65.5 Å². The standard InChI is InChI=1S/C18H16F3NO4/c1-11(15-7-4-13(20)8-16(15)21)22-17(23)9-26-18(24)10-25-14-5-2-12(19)3-6-14/h2-8,11H,9-10H2,1H3,(H,22,23)/t11-/m1/s1. The van der Waals surface area contributed by atoms with Crippen LogP contribution in [0.25, 0.3) is 0 Å². The van der Waals surface area contributed by atoms with Crippen LogP contribution in [0.2, 0.25) is 0 Å². The van der Waals surface area contributed by atoms with Crippen LogP contribution in [0.5, 0.6) is 5.75 Å². The van der Waals surface area contributed by atoms with E-state index in [0.29, 0.717) is 6.07 Å². The molecular weight excluding hydrogens is 351 g/mol. The van der Waals surface area contributed by atoms with Crippen molar-refractivity contribution >= 4 is 11.9 Å². The van der Waals surface area contributed by atoms with Gasteiger partial charge in [-0.15, -0.1) is 0 Å². The molecular formula is C18H16F3NO4. The summed E-state index contributed by atoms with van der Waals surface area (Å²) in [7, 11) is 0. The fraction of sp³-hybridized carbons (Fsp3) is 0.222. The first-order valence-electron chi connectivity index (χ1n) is 7.63. The van der Waals surface area contributed by atoms with Crippen molar-refractivity contribution < 1.29 is 32.2 Å². The van der Waals surface area contributed by atoms with Crippen LogP contribution in [0.4, 0.5) is 13.2 Å². The van der Waals surface area contributed by atoms with Gasteiger partial charge in [0.2, 0.25) is 0 Å². The Morgan fingerprint density at radius 3 is 2.31 bits per heavy atom. The summed E-state index contributed by atoms with van der Waals surface area (Å²) in [6, 6.07) is 7.30. The minimum absolute atomic E-state index is 0.103. The Balaban J connectivity index is 1.75. The largest absolute Gasteiger partial charge is 0.482 e. The van der Waals surface area contributed by atoms with Crippen LogP contribution in [0.3, 0.4) is 0 Å². The minimum Gasteiger partial charge on any atom is -0.482 e. The Morgan fingerprint density at radius 1 is 1.00 bits per heavy atom. The van der Waals surface area contributed by atoms with Gasteiger partial charge in [0.05, 0.1) is 6.04 Å². The van der Waals surface area contributed by atoms with Crippen molar-refractivity contribution in [1.29, 1.82) is 0 Å². The van der Waals surface area contributed by atoms with Crippen LogP contribution in [0, 0.1) is 17.5 Å². The Kier molecular flexibility index (Phi) is 6.60. The van der Waals surface area contributed by atoms with Crippen LogP contribution in [-0.2, 0) is 14.3 Å². The number of amides is 1. The third-order valence-electron chi connectivity index (χ3n) is 3.34. The molecule has 0 aliphatic carbocycles. The van der Waals surface area contributed by atoms with Crippen molar-refractivity contribution in [2.45, 2.75) is 13.0 Å². The molecule has 0 aliphatic heterocycles. The summed E-state index contributed by atoms with van der Waals surface area (Å²) >= 11 is 0. The second-order valence-electron chi connectivity index (χ2n) is 5.36. The zero-order chi connectivity index (χ0) is 19.1. The molecule has 0 saturated heterocycles. The maximum absolute atomic E-state index is 13.6. The molecule has 138 valence electrons. The maximum Gasteiger partial charge on any atom is 0.344 e. The maximum atomic E-state index is 13.6. The van der Waals surface area contributed by atoms with Crippen molar-refractivity contribution in [3.8, 4) is 5.75 Å². The lowest BCUT2D eigenvalue weighted by molar-refractivity contribution is -0.150. The van der Waals surface area contributed by atoms with Gasteiger partial charge in [0.1, 0.15) is 23.2 Å². The molecule has 0 fully saturated rings. The number of carbonyl (C=O) groups excluding carboxylic acids is 2. The fourth-order valence-electron chi connectivity index (χ4n) is 2.07. The summed E-state index contributed by atoms with van der Waals surface area (Å²) in [6.45, 7) is 0.466. The van der Waals surface area contributed by atoms with E-state index >= 15 is 0 Å². The molecule has 2 aromatic carbocycles. The van der Waals surface area contributed by atoms with Crippen LogP contribution in [0.15, 0.2) is 42.5 Å². The predicted octanol–water partition coefficient (Wildman–Crippen LogP) is 2.90. The third kappa shape index (κ3) is 5.80. The molecule has 1 amide bonds. The first-order chi connectivity index (χ1) is 12.3. The van der Waals surface area contributed by atoms with E-state index in [1.807, 2.05) is 0 Å². The van der Waals surface area contributed by atoms with Gasteiger partial charge in [-0.1, -0.05) is 6.07 Å². The lowest BCUT2D eigenvalue weighted by Gasteiger charge is -2.15. The molecule has 0 heterocycles. The van der Waals surface area contributed by atoms with E-state index in [4.69, 9.17) is 9.47 Å². The highest BCUT2D eigenvalue weighted by Crippen LogP contribution is 2.17. The first kappa shape index (κ1) is 19.3. The summed E-state index contributed by atoms with van der Waals surface area (Å²) in [5, 5.41) is 2.43. The normalized spacial score (nSPS) is 11.5. The molecule has 1 atom stereocenters. The molecule has 2 aromatic rings. The van der Waals surface area contributed by atoms with Gasteiger partial charge in [0.15, 0.2) is 13.2 Å². The Bertz CT molecular complexity index is 781. The van der Waals surface area contributed by atoms with E-state index in [2.05, 4.69) is 5.32 Å². The Morgan fingerprint density at radius 2 is 1.65 bits per heavy atom. The van der Waals surface area contributed by atoms with Gasteiger partial charge in [-0.05, 0) is 37.3 Å². The van der Waals surface area contributed by atoms with Crippen LogP contribution >= 0.6 is 0 Å². The van der Waals surface area contributed by atoms with Crippen molar-refractivity contribution in [2.24, 2.45) is 0 Å². The van der Waals surface area contributed by atoms with Gasteiger partial charge in [-0.2, -0.15) is 0 Å². The number of ether oxygens (including phenoxy) is 2. The van der Waals surface area contributed by atoms with E-state index in [-0.39, 0.29) is 11.3 Å². The smallest absolute Gasteiger partial charge is 0.344 e. The molecule has 1 N–H and O–H groups in total. The molecule has 0 saturated carbocycles. The lowest BCUT2D eigenvalue weighted by atomic mass is 10.1. The fourth-order valence-corrected chi connectivity index (χ4v) is 2.07. The predicted molar refractivity (Wildman–Crippen MR) is 85.8 cm³/mol. The average Bonchev–Trinajstić information content (AvgIpc) is 2.59. The Labute approximate surface area is 147 Å². The monoisotopic (exact) mass is 367 g/mol. The van der Waals surface area contributed by atoms with Crippen molar-refractivity contribution in [3.63, 3.8) is 0 Å². The number of esters is 1. The van der Waals surface area contributed by atoms with Crippen LogP contribution in [0.1, 0.15) is 18.5 Å². The number of nitrogens with one attached hydrogen (secondary N) is 1. The van der Waals surface area contributed by atoms with Crippen molar-refractivity contribution in [2.75, 3.05) is 13.2 Å². The van der Waals surface area contributed by atoms with E-state index in [0.717, 1.165) is 6.07 Å². The van der Waals surface area contributed by atoms with Crippen LogP contribution in [-0.4, -0.2) is 25.1 Å². The summed E-state index contributed by atoms with van der Waals surface area (Å²) < 4.78 is 49.1. The quantitative estimate of drug-likeness (QED) is 0.765. The molecule has 8 heteroatoms. The van der Waals surface area contributed by atoms with E-state index < -0.39 is 48.6 Å². The number of benzene rings is 2. The topological polar surface area (TPSA) is 64.6 Å². The van der Waals surface area contributed by atoms with E-state index in [1.54, 1.807) is 0 Å². The molecule has 0 bridgehead atoms. The third-order valence-corrected chi connectivity index (χ3v) is 3.34. The van der Waals surface area contributed by atoms with Crippen LogP contribution < -0.4 is 10.1 Å². The first-order valence-corrected chi connectivity index (χ1v) is 7.63. The molecule has 26 heavy (non-hydrogen) atoms. The SMILES string of the molecule is C[C@@H](NC(=O)COC(=O)COc1ccc(F)cc1)c1ccc(F)cc1F. The highest BCUT2D eigenvalue weighted by atomic mass is 19.1. The summed E-state index contributed by atoms with van der Waals surface area (Å²) in [4.78, 5) is 23.3. The molecule has 0 spiro atoms. The number of rotatable bonds is 7. The minimum atomic E-state index is -0.801. The number of halogens is 3. The van der Waals surface area contributed by atoms with Gasteiger partial charge < -0.3 is 14.8 Å². The average molecular weight is 367 g/mol. The second-order valence-corrected chi connectivity index (χ2v) is 5.36. The van der Waals surface area contributed by atoms with E-state index in [9.17, 15) is 22.8 Å². The summed E-state index contributed by atoms with van der Waals surface area (Å²) in [5.74, 6) is -3.14. The number of carbonyl (C=O) groups is 2. The van der Waals surface area contributed by atoms with Gasteiger partial charge in [0.25, 0.3) is 5.91 Å². The molecule has 0 radical (unpaired) electrons. The molecule has 0 unspecified atom stereocenters. The summed E-state index contributed by atoms with van der Waals surface area (Å²) in [5.41, 5.74) is 0.103. The molecule has 0 aromatic heterocycles. The zero-order valence-electron chi connectivity index (χ0n) is 13.8. The zero-order valence-corrected chi connectivity index (χ0v) is 13.8. The number of hydrogen-bond acceptors (Lipinski definition) is 4. The molecule has 0 aliphatic rings. The van der Waals surface area contributed by atoms with Gasteiger partial charge in [-0.3, -0.25) is 4.79 Å². The number of hydrogen-bond donors (Lipinski definition) is 1.